The normalized spacial score (nSPS) is 19.4. The number of carbonyl (C=O) groups excluding carboxylic acids is 2. The number of ether oxygens (including phenoxy) is 1. The number of aromatic nitrogens is 1. The number of aromatic amines is 1. The van der Waals surface area contributed by atoms with Gasteiger partial charge in [-0.25, -0.2) is 4.39 Å². The van der Waals surface area contributed by atoms with Crippen molar-refractivity contribution < 1.29 is 18.7 Å². The molecule has 1 fully saturated rings. The van der Waals surface area contributed by atoms with E-state index < -0.39 is 12.1 Å². The van der Waals surface area contributed by atoms with Crippen LogP contribution >= 0.6 is 0 Å². The largest absolute Gasteiger partial charge is 0.496 e. The first-order valence-electron chi connectivity index (χ1n) is 12.1. The van der Waals surface area contributed by atoms with Crippen LogP contribution in [0.15, 0.2) is 72.8 Å². The van der Waals surface area contributed by atoms with E-state index in [4.69, 9.17) is 4.74 Å². The van der Waals surface area contributed by atoms with Gasteiger partial charge in [-0.3, -0.25) is 9.59 Å². The number of carbonyl (C=O) groups is 2. The number of benzene rings is 3. The molecule has 0 radical (unpaired) electrons. The monoisotopic (exact) mass is 483 g/mol. The molecular formula is C29H26FN3O3. The zero-order chi connectivity index (χ0) is 24.8. The molecule has 0 saturated carbocycles. The van der Waals surface area contributed by atoms with Gasteiger partial charge in [0.1, 0.15) is 23.7 Å². The second-order valence-electron chi connectivity index (χ2n) is 9.33. The van der Waals surface area contributed by atoms with Crippen LogP contribution in [0.4, 0.5) is 4.39 Å². The Bertz CT molecular complexity index is 1480. The zero-order valence-corrected chi connectivity index (χ0v) is 19.9. The second-order valence-corrected chi connectivity index (χ2v) is 9.33. The molecule has 182 valence electrons. The van der Waals surface area contributed by atoms with Gasteiger partial charge in [-0.1, -0.05) is 54.6 Å². The molecule has 6 nitrogen and oxygen atoms in total. The van der Waals surface area contributed by atoms with Crippen LogP contribution in [0.3, 0.4) is 0 Å². The molecular weight excluding hydrogens is 457 g/mol. The molecule has 7 heteroatoms. The highest BCUT2D eigenvalue weighted by Gasteiger charge is 2.48. The summed E-state index contributed by atoms with van der Waals surface area (Å²) in [4.78, 5) is 34.3. The Labute approximate surface area is 208 Å². The highest BCUT2D eigenvalue weighted by molar-refractivity contribution is 5.97. The van der Waals surface area contributed by atoms with Gasteiger partial charge >= 0.3 is 0 Å². The number of halogens is 1. The van der Waals surface area contributed by atoms with Gasteiger partial charge < -0.3 is 19.5 Å². The maximum Gasteiger partial charge on any atom is 0.246 e. The summed E-state index contributed by atoms with van der Waals surface area (Å²) in [6, 6.07) is 21.1. The number of piperazine rings is 1. The van der Waals surface area contributed by atoms with Gasteiger partial charge in [-0.05, 0) is 35.7 Å². The lowest BCUT2D eigenvalue weighted by Crippen LogP contribution is -2.63. The third kappa shape index (κ3) is 3.54. The number of hydrogen-bond acceptors (Lipinski definition) is 3. The molecule has 3 heterocycles. The smallest absolute Gasteiger partial charge is 0.246 e. The molecule has 2 amide bonds. The van der Waals surface area contributed by atoms with Crippen LogP contribution in [-0.2, 0) is 22.4 Å². The maximum absolute atomic E-state index is 14.2. The van der Waals surface area contributed by atoms with E-state index in [0.29, 0.717) is 24.2 Å². The third-order valence-corrected chi connectivity index (χ3v) is 7.38. The zero-order valence-electron chi connectivity index (χ0n) is 19.9. The number of H-pyrrole nitrogens is 1. The lowest BCUT2D eigenvalue weighted by atomic mass is 9.86. The minimum absolute atomic E-state index is 0.0367. The third-order valence-electron chi connectivity index (χ3n) is 7.38. The number of fused-ring (bicyclic) bond motifs is 4. The summed E-state index contributed by atoms with van der Waals surface area (Å²) in [5, 5.41) is 1.05. The lowest BCUT2D eigenvalue weighted by Gasteiger charge is -2.47. The predicted molar refractivity (Wildman–Crippen MR) is 134 cm³/mol. The lowest BCUT2D eigenvalue weighted by molar-refractivity contribution is -0.158. The van der Waals surface area contributed by atoms with Gasteiger partial charge in [0.05, 0.1) is 13.7 Å². The molecule has 3 aromatic carbocycles. The molecule has 4 aromatic rings. The molecule has 1 N–H and O–H groups in total. The van der Waals surface area contributed by atoms with Crippen LogP contribution in [-0.4, -0.2) is 52.8 Å². The van der Waals surface area contributed by atoms with Gasteiger partial charge in [-0.15, -0.1) is 0 Å². The number of amides is 2. The summed E-state index contributed by atoms with van der Waals surface area (Å²) >= 11 is 0. The summed E-state index contributed by atoms with van der Waals surface area (Å²) in [6.45, 7) is 0.251. The van der Waals surface area contributed by atoms with E-state index in [1.165, 1.54) is 6.07 Å². The minimum atomic E-state index is -0.645. The molecule has 2 unspecified atom stereocenters. The van der Waals surface area contributed by atoms with Crippen LogP contribution in [0.2, 0.25) is 0 Å². The van der Waals surface area contributed by atoms with Crippen LogP contribution in [0, 0.1) is 5.82 Å². The summed E-state index contributed by atoms with van der Waals surface area (Å²) in [5.41, 5.74) is 4.30. The van der Waals surface area contributed by atoms with Gasteiger partial charge in [0, 0.05) is 35.1 Å². The first kappa shape index (κ1) is 22.3. The second kappa shape index (κ2) is 8.82. The van der Waals surface area contributed by atoms with Crippen molar-refractivity contribution in [2.24, 2.45) is 0 Å². The Morgan fingerprint density at radius 2 is 1.75 bits per heavy atom. The Balaban J connectivity index is 1.42. The van der Waals surface area contributed by atoms with Gasteiger partial charge in [0.25, 0.3) is 0 Å². The van der Waals surface area contributed by atoms with Crippen molar-refractivity contribution in [1.29, 1.82) is 0 Å². The molecule has 2 aliphatic rings. The van der Waals surface area contributed by atoms with E-state index >= 15 is 0 Å². The van der Waals surface area contributed by atoms with Gasteiger partial charge in [0.2, 0.25) is 11.8 Å². The summed E-state index contributed by atoms with van der Waals surface area (Å²) < 4.78 is 19.8. The molecule has 2 atom stereocenters. The van der Waals surface area contributed by atoms with E-state index in [1.54, 1.807) is 35.1 Å². The number of rotatable bonds is 5. The number of nitrogens with zero attached hydrogens (tertiary/aromatic N) is 2. The fraction of sp³-hybridized carbons (Fsp3) is 0.241. The average Bonchev–Trinajstić information content (AvgIpc) is 3.28. The van der Waals surface area contributed by atoms with E-state index in [9.17, 15) is 14.0 Å². The van der Waals surface area contributed by atoms with Crippen molar-refractivity contribution in [3.63, 3.8) is 0 Å². The van der Waals surface area contributed by atoms with E-state index in [2.05, 4.69) is 4.98 Å². The van der Waals surface area contributed by atoms with Crippen molar-refractivity contribution in [3.8, 4) is 5.75 Å². The van der Waals surface area contributed by atoms with E-state index in [-0.39, 0.29) is 30.7 Å². The van der Waals surface area contributed by atoms with Crippen LogP contribution in [0.25, 0.3) is 10.9 Å². The van der Waals surface area contributed by atoms with Crippen molar-refractivity contribution in [3.05, 3.63) is 101 Å². The number of hydrogen-bond donors (Lipinski definition) is 1. The molecule has 6 rings (SSSR count). The Hall–Kier alpha value is -4.13. The standard InChI is InChI=1S/C29H26FN3O3/c1-36-25-13-7-4-10-20(25)28-27-21(19-9-3-6-12-23(19)31-27)16-24-29(35)32(17-26(34)33(24)28)15-14-18-8-2-5-11-22(18)30/h2-13,24,28,31H,14-17H2,1H3. The van der Waals surface area contributed by atoms with Crippen molar-refractivity contribution in [2.45, 2.75) is 24.9 Å². The van der Waals surface area contributed by atoms with Crippen molar-refractivity contribution >= 4 is 22.7 Å². The van der Waals surface area contributed by atoms with Gasteiger partial charge in [0.15, 0.2) is 0 Å². The maximum atomic E-state index is 14.2. The first-order valence-corrected chi connectivity index (χ1v) is 12.1. The van der Waals surface area contributed by atoms with E-state index in [1.807, 2.05) is 48.5 Å². The molecule has 0 spiro atoms. The highest BCUT2D eigenvalue weighted by Crippen LogP contribution is 2.44. The number of nitrogens with one attached hydrogen (secondary N) is 1. The fourth-order valence-corrected chi connectivity index (χ4v) is 5.69. The summed E-state index contributed by atoms with van der Waals surface area (Å²) in [5.74, 6) is 0.123. The topological polar surface area (TPSA) is 65.6 Å². The molecule has 1 aromatic heterocycles. The number of para-hydroxylation sites is 2. The fourth-order valence-electron chi connectivity index (χ4n) is 5.69. The van der Waals surface area contributed by atoms with Crippen LogP contribution in [0.1, 0.15) is 28.4 Å². The first-order chi connectivity index (χ1) is 17.6. The van der Waals surface area contributed by atoms with Crippen molar-refractivity contribution in [2.75, 3.05) is 20.2 Å². The Morgan fingerprint density at radius 3 is 2.58 bits per heavy atom. The van der Waals surface area contributed by atoms with E-state index in [0.717, 1.165) is 27.7 Å². The molecule has 1 saturated heterocycles. The van der Waals surface area contributed by atoms with Gasteiger partial charge in [-0.2, -0.15) is 0 Å². The average molecular weight is 484 g/mol. The summed E-state index contributed by atoms with van der Waals surface area (Å²) in [7, 11) is 1.61. The molecule has 0 bridgehead atoms. The minimum Gasteiger partial charge on any atom is -0.496 e. The Kier molecular flexibility index (Phi) is 5.48. The Morgan fingerprint density at radius 1 is 1.00 bits per heavy atom. The van der Waals surface area contributed by atoms with Crippen LogP contribution in [0.5, 0.6) is 5.75 Å². The number of methoxy groups -OCH3 is 1. The quantitative estimate of drug-likeness (QED) is 0.462. The SMILES string of the molecule is COc1ccccc1C1c2[nH]c3ccccc3c2CC2C(=O)N(CCc3ccccc3F)CC(=O)N21. The van der Waals surface area contributed by atoms with Crippen LogP contribution < -0.4 is 4.74 Å². The summed E-state index contributed by atoms with van der Waals surface area (Å²) in [6.07, 6.45) is 0.776. The predicted octanol–water partition coefficient (Wildman–Crippen LogP) is 4.24. The highest BCUT2D eigenvalue weighted by atomic mass is 19.1. The molecule has 2 aliphatic heterocycles. The van der Waals surface area contributed by atoms with Crippen molar-refractivity contribution in [1.82, 2.24) is 14.8 Å². The molecule has 36 heavy (non-hydrogen) atoms. The molecule has 0 aliphatic carbocycles.